The molecule has 0 aromatic rings. The maximum atomic E-state index is 9.19. The Bertz CT molecular complexity index is 95.1. The molecule has 9 heavy (non-hydrogen) atoms. The minimum atomic E-state index is -0.150. The molecule has 2 nitrogen and oxygen atoms in total. The number of nitrogens with one attached hydrogen (secondary N) is 1. The van der Waals surface area contributed by atoms with Gasteiger partial charge < -0.3 is 10.4 Å². The quantitative estimate of drug-likeness (QED) is 0.526. The average Bonchev–Trinajstić information content (AvgIpc) is 1.86. The first kappa shape index (κ1) is 9.21. The fourth-order valence-electron chi connectivity index (χ4n) is 0.925. The third kappa shape index (κ3) is 1.81. The second-order valence-electron chi connectivity index (χ2n) is 3.14. The predicted octanol–water partition coefficient (Wildman–Crippen LogP) is 0.398. The van der Waals surface area contributed by atoms with Crippen molar-refractivity contribution in [3.63, 3.8) is 0 Å². The fraction of sp³-hybridized carbons (Fsp3) is 1.00. The topological polar surface area (TPSA) is 32.3 Å². The molecule has 1 rings (SSSR count). The molecule has 1 fully saturated rings. The van der Waals surface area contributed by atoms with E-state index in [9.17, 15) is 5.11 Å². The van der Waals surface area contributed by atoms with Crippen LogP contribution in [0.3, 0.4) is 0 Å². The van der Waals surface area contributed by atoms with Gasteiger partial charge in [0.15, 0.2) is 0 Å². The number of aliphatic hydroxyl groups excluding tert-OH is 1. The zero-order valence-corrected chi connectivity index (χ0v) is 6.66. The lowest BCUT2D eigenvalue weighted by atomic mass is 9.90. The number of β-amino-alcohol motifs (C(OH)–C–C–N with tert-alkyl or cyclic N) is 1. The van der Waals surface area contributed by atoms with Crippen LogP contribution >= 0.6 is 12.4 Å². The van der Waals surface area contributed by atoms with Gasteiger partial charge >= 0.3 is 0 Å². The van der Waals surface area contributed by atoms with E-state index in [2.05, 4.69) is 19.2 Å². The molecule has 0 spiro atoms. The maximum absolute atomic E-state index is 9.19. The summed E-state index contributed by atoms with van der Waals surface area (Å²) >= 11 is 0. The van der Waals surface area contributed by atoms with Gasteiger partial charge in [-0.3, -0.25) is 0 Å². The van der Waals surface area contributed by atoms with Crippen LogP contribution in [0.1, 0.15) is 13.8 Å². The van der Waals surface area contributed by atoms with Gasteiger partial charge in [0.25, 0.3) is 0 Å². The Kier molecular flexibility index (Phi) is 2.93. The molecular weight excluding hydrogens is 138 g/mol. The number of hydrogen-bond acceptors (Lipinski definition) is 2. The normalized spacial score (nSPS) is 31.7. The van der Waals surface area contributed by atoms with Gasteiger partial charge in [0, 0.05) is 18.5 Å². The summed E-state index contributed by atoms with van der Waals surface area (Å²) in [6.07, 6.45) is -0.150. The predicted molar refractivity (Wildman–Crippen MR) is 39.9 cm³/mol. The Morgan fingerprint density at radius 2 is 2.11 bits per heavy atom. The molecule has 0 aromatic heterocycles. The highest BCUT2D eigenvalue weighted by molar-refractivity contribution is 5.85. The molecule has 2 N–H and O–H groups in total. The molecule has 1 saturated heterocycles. The van der Waals surface area contributed by atoms with Crippen LogP contribution in [0.15, 0.2) is 0 Å². The molecular formula is C6H14ClNO. The van der Waals surface area contributed by atoms with Gasteiger partial charge in [0.2, 0.25) is 0 Å². The smallest absolute Gasteiger partial charge is 0.0727 e. The fourth-order valence-corrected chi connectivity index (χ4v) is 0.925. The lowest BCUT2D eigenvalue weighted by Gasteiger charge is -2.19. The summed E-state index contributed by atoms with van der Waals surface area (Å²) in [5, 5.41) is 12.3. The van der Waals surface area contributed by atoms with Crippen LogP contribution in [0, 0.1) is 5.41 Å². The molecule has 1 aliphatic rings. The van der Waals surface area contributed by atoms with Gasteiger partial charge in [0.05, 0.1) is 6.10 Å². The second kappa shape index (κ2) is 2.86. The van der Waals surface area contributed by atoms with E-state index >= 15 is 0 Å². The summed E-state index contributed by atoms with van der Waals surface area (Å²) in [7, 11) is 0. The summed E-state index contributed by atoms with van der Waals surface area (Å²) < 4.78 is 0. The average molecular weight is 152 g/mol. The largest absolute Gasteiger partial charge is 0.391 e. The van der Waals surface area contributed by atoms with Crippen molar-refractivity contribution in [3.8, 4) is 0 Å². The lowest BCUT2D eigenvalue weighted by Crippen LogP contribution is -2.26. The van der Waals surface area contributed by atoms with Crippen molar-refractivity contribution >= 4 is 12.4 Å². The van der Waals surface area contributed by atoms with E-state index in [1.165, 1.54) is 0 Å². The van der Waals surface area contributed by atoms with Gasteiger partial charge in [0.1, 0.15) is 0 Å². The molecule has 0 bridgehead atoms. The molecule has 1 aliphatic heterocycles. The number of halogens is 1. The molecule has 0 amide bonds. The second-order valence-corrected chi connectivity index (χ2v) is 3.14. The van der Waals surface area contributed by atoms with Crippen LogP contribution in [0.4, 0.5) is 0 Å². The Labute approximate surface area is 62.1 Å². The van der Waals surface area contributed by atoms with Crippen molar-refractivity contribution < 1.29 is 5.11 Å². The Morgan fingerprint density at radius 3 is 2.22 bits per heavy atom. The van der Waals surface area contributed by atoms with Gasteiger partial charge in [-0.1, -0.05) is 13.8 Å². The molecule has 3 heteroatoms. The molecule has 0 aliphatic carbocycles. The van der Waals surface area contributed by atoms with Gasteiger partial charge in [-0.2, -0.15) is 0 Å². The van der Waals surface area contributed by atoms with Crippen LogP contribution < -0.4 is 5.32 Å². The van der Waals surface area contributed by atoms with Crippen LogP contribution in [0.2, 0.25) is 0 Å². The maximum Gasteiger partial charge on any atom is 0.0727 e. The monoisotopic (exact) mass is 151 g/mol. The minimum Gasteiger partial charge on any atom is -0.391 e. The van der Waals surface area contributed by atoms with Crippen molar-refractivity contribution in [2.45, 2.75) is 20.0 Å². The number of hydrogen-bond donors (Lipinski definition) is 2. The van der Waals surface area contributed by atoms with Crippen molar-refractivity contribution in [1.29, 1.82) is 0 Å². The van der Waals surface area contributed by atoms with E-state index < -0.39 is 0 Å². The first-order valence-corrected chi connectivity index (χ1v) is 3.02. The van der Waals surface area contributed by atoms with Gasteiger partial charge in [-0.15, -0.1) is 12.4 Å². The van der Waals surface area contributed by atoms with E-state index in [0.29, 0.717) is 0 Å². The summed E-state index contributed by atoms with van der Waals surface area (Å²) in [4.78, 5) is 0. The van der Waals surface area contributed by atoms with Crippen LogP contribution in [-0.4, -0.2) is 24.3 Å². The SMILES string of the molecule is CC1(C)CNC[C@H]1O.Cl. The molecule has 1 atom stereocenters. The van der Waals surface area contributed by atoms with E-state index in [0.717, 1.165) is 13.1 Å². The third-order valence-electron chi connectivity index (χ3n) is 1.82. The first-order valence-electron chi connectivity index (χ1n) is 3.02. The van der Waals surface area contributed by atoms with Crippen LogP contribution in [-0.2, 0) is 0 Å². The summed E-state index contributed by atoms with van der Waals surface area (Å²) in [6.45, 7) is 5.83. The number of rotatable bonds is 0. The summed E-state index contributed by atoms with van der Waals surface area (Å²) in [5.74, 6) is 0. The van der Waals surface area contributed by atoms with Crippen molar-refractivity contribution in [1.82, 2.24) is 5.32 Å². The highest BCUT2D eigenvalue weighted by atomic mass is 35.5. The van der Waals surface area contributed by atoms with E-state index in [-0.39, 0.29) is 23.9 Å². The molecule has 0 saturated carbocycles. The molecule has 1 heterocycles. The third-order valence-corrected chi connectivity index (χ3v) is 1.82. The molecule has 0 radical (unpaired) electrons. The van der Waals surface area contributed by atoms with Crippen LogP contribution in [0.25, 0.3) is 0 Å². The Hall–Kier alpha value is 0.210. The summed E-state index contributed by atoms with van der Waals surface area (Å²) in [6, 6.07) is 0. The van der Waals surface area contributed by atoms with Gasteiger partial charge in [-0.05, 0) is 0 Å². The number of aliphatic hydroxyl groups is 1. The Balaban J connectivity index is 0.000000640. The molecule has 0 aromatic carbocycles. The highest BCUT2D eigenvalue weighted by Crippen LogP contribution is 2.22. The van der Waals surface area contributed by atoms with E-state index in [1.54, 1.807) is 0 Å². The highest BCUT2D eigenvalue weighted by Gasteiger charge is 2.32. The summed E-state index contributed by atoms with van der Waals surface area (Å²) in [5.41, 5.74) is 0.0972. The van der Waals surface area contributed by atoms with Crippen molar-refractivity contribution in [2.24, 2.45) is 5.41 Å². The molecule has 0 unspecified atom stereocenters. The lowest BCUT2D eigenvalue weighted by molar-refractivity contribution is 0.0963. The van der Waals surface area contributed by atoms with Crippen LogP contribution in [0.5, 0.6) is 0 Å². The van der Waals surface area contributed by atoms with E-state index in [1.807, 2.05) is 0 Å². The molecule has 56 valence electrons. The minimum absolute atomic E-state index is 0. The first-order chi connectivity index (χ1) is 3.63. The standard InChI is InChI=1S/C6H13NO.ClH/c1-6(2)4-7-3-5(6)8;/h5,7-8H,3-4H2,1-2H3;1H/t5-;/m1./s1. The zero-order valence-electron chi connectivity index (χ0n) is 5.85. The van der Waals surface area contributed by atoms with Crippen molar-refractivity contribution in [3.05, 3.63) is 0 Å². The Morgan fingerprint density at radius 1 is 1.56 bits per heavy atom. The zero-order chi connectivity index (χ0) is 6.20. The van der Waals surface area contributed by atoms with E-state index in [4.69, 9.17) is 0 Å². The van der Waals surface area contributed by atoms with Crippen molar-refractivity contribution in [2.75, 3.05) is 13.1 Å². The van der Waals surface area contributed by atoms with Gasteiger partial charge in [-0.25, -0.2) is 0 Å².